The maximum atomic E-state index is 12.8. The number of fused-ring (bicyclic) bond motifs is 3. The van der Waals surface area contributed by atoms with Gasteiger partial charge in [-0.15, -0.1) is 0 Å². The fraction of sp³-hybridized carbons (Fsp3) is 0. The highest BCUT2D eigenvalue weighted by molar-refractivity contribution is 7.99. The molecule has 19 heteroatoms. The summed E-state index contributed by atoms with van der Waals surface area (Å²) < 4.78 is 0. The number of hydrogen-bond donors (Lipinski definition) is 13. The van der Waals surface area contributed by atoms with Gasteiger partial charge in [-0.2, -0.15) is 0 Å². The fourth-order valence-electron chi connectivity index (χ4n) is 5.92. The minimum atomic E-state index is -1.67. The molecule has 0 saturated heterocycles. The minimum Gasteiger partial charge on any atom is -0.504 e. The van der Waals surface area contributed by atoms with E-state index in [-0.39, 0.29) is 42.8 Å². The highest BCUT2D eigenvalue weighted by Gasteiger charge is 2.34. The molecule has 0 saturated carbocycles. The second-order valence-corrected chi connectivity index (χ2v) is 11.8. The Morgan fingerprint density at radius 1 is 0.620 bits per heavy atom. The molecule has 0 aliphatic heterocycles. The molecule has 7 aromatic rings. The highest BCUT2D eigenvalue weighted by atomic mass is 32.2. The molecule has 0 aliphatic carbocycles. The SMILES string of the molecule is O=C(O)c1cc2cc(O)c(O)c(-c3c(C(=O)O)[nH]c4cc(O)c(O)c(-c5c(C(=O)O)[nH]c6cc(O)c(O)c(Sc7nccc(=O)[nH]7)c56)c34)c2[nH]1. The molecule has 0 fully saturated rings. The van der Waals surface area contributed by atoms with Gasteiger partial charge < -0.3 is 65.9 Å². The number of carboxylic acid groups (broad SMARTS) is 3. The van der Waals surface area contributed by atoms with Crippen LogP contribution in [0.3, 0.4) is 0 Å². The molecular weight excluding hydrogens is 682 g/mol. The van der Waals surface area contributed by atoms with Crippen molar-refractivity contribution >= 4 is 62.4 Å². The molecule has 3 aromatic carbocycles. The molecule has 0 unspecified atom stereocenters. The molecule has 0 atom stereocenters. The van der Waals surface area contributed by atoms with E-state index >= 15 is 0 Å². The standard InChI is InChI=1S/C31H19N5O13S/c37-11-4-7-3-10(28(44)45)35-21(7)20(25(11)42)17-15-8(33-22(17)29(46)47)5-12(38)24(41)19(15)18-16-9(34-23(18)30(48)49)6-13(39)26(43)27(16)50-31-32-2-1-14(40)36-31/h1-6,33-35,37-39,41-43H,(H,44,45)(H,46,47)(H,48,49)(H,32,36,40). The number of aromatic amines is 4. The maximum absolute atomic E-state index is 12.8. The van der Waals surface area contributed by atoms with Crippen molar-refractivity contribution in [1.82, 2.24) is 24.9 Å². The lowest BCUT2D eigenvalue weighted by molar-refractivity contribution is 0.0681. The molecule has 50 heavy (non-hydrogen) atoms. The second-order valence-electron chi connectivity index (χ2n) is 10.8. The maximum Gasteiger partial charge on any atom is 0.352 e. The van der Waals surface area contributed by atoms with Crippen molar-refractivity contribution in [3.8, 4) is 56.8 Å². The van der Waals surface area contributed by atoms with Crippen LogP contribution < -0.4 is 5.56 Å². The molecule has 252 valence electrons. The van der Waals surface area contributed by atoms with Gasteiger partial charge in [0.05, 0.1) is 27.0 Å². The molecule has 4 heterocycles. The molecule has 4 aromatic heterocycles. The second kappa shape index (κ2) is 10.9. The molecule has 0 spiro atoms. The summed E-state index contributed by atoms with van der Waals surface area (Å²) in [6.45, 7) is 0. The predicted molar refractivity (Wildman–Crippen MR) is 173 cm³/mol. The quantitative estimate of drug-likeness (QED) is 0.0824. The van der Waals surface area contributed by atoms with Crippen molar-refractivity contribution in [3.05, 3.63) is 64.0 Å². The Labute approximate surface area is 278 Å². The van der Waals surface area contributed by atoms with Crippen LogP contribution in [-0.2, 0) is 0 Å². The molecule has 0 aliphatic rings. The summed E-state index contributed by atoms with van der Waals surface area (Å²) >= 11 is 0.574. The van der Waals surface area contributed by atoms with Crippen molar-refractivity contribution in [2.45, 2.75) is 10.1 Å². The van der Waals surface area contributed by atoms with Crippen LogP contribution in [0.15, 0.2) is 51.4 Å². The van der Waals surface area contributed by atoms with E-state index in [1.54, 1.807) is 0 Å². The Morgan fingerprint density at radius 2 is 1.18 bits per heavy atom. The lowest BCUT2D eigenvalue weighted by Gasteiger charge is -2.15. The first-order valence-electron chi connectivity index (χ1n) is 13.9. The fourth-order valence-corrected chi connectivity index (χ4v) is 6.89. The number of carboxylic acids is 3. The van der Waals surface area contributed by atoms with E-state index in [0.29, 0.717) is 11.8 Å². The number of nitrogens with one attached hydrogen (secondary N) is 4. The zero-order valence-corrected chi connectivity index (χ0v) is 25.3. The summed E-state index contributed by atoms with van der Waals surface area (Å²) in [7, 11) is 0. The average molecular weight is 702 g/mol. The number of benzene rings is 3. The Balaban J connectivity index is 1.71. The Kier molecular flexibility index (Phi) is 6.82. The first-order chi connectivity index (χ1) is 23.7. The Morgan fingerprint density at radius 3 is 1.78 bits per heavy atom. The first-order valence-corrected chi connectivity index (χ1v) is 14.7. The molecule has 13 N–H and O–H groups in total. The summed E-state index contributed by atoms with van der Waals surface area (Å²) in [5.41, 5.74) is -5.06. The molecule has 0 bridgehead atoms. The average Bonchev–Trinajstić information content (AvgIpc) is 3.75. The Bertz CT molecular complexity index is 2720. The van der Waals surface area contributed by atoms with Gasteiger partial charge >= 0.3 is 17.9 Å². The number of H-pyrrole nitrogens is 4. The van der Waals surface area contributed by atoms with E-state index in [1.165, 1.54) is 0 Å². The van der Waals surface area contributed by atoms with Gasteiger partial charge in [0.1, 0.15) is 17.1 Å². The summed E-state index contributed by atoms with van der Waals surface area (Å²) in [5, 5.41) is 95.6. The number of hydrogen-bond acceptors (Lipinski definition) is 12. The van der Waals surface area contributed by atoms with Gasteiger partial charge in [-0.25, -0.2) is 19.4 Å². The third-order valence-electron chi connectivity index (χ3n) is 7.91. The largest absolute Gasteiger partial charge is 0.504 e. The predicted octanol–water partition coefficient (Wildman–Crippen LogP) is 4.03. The number of carbonyl (C=O) groups is 3. The van der Waals surface area contributed by atoms with E-state index in [9.17, 15) is 65.1 Å². The van der Waals surface area contributed by atoms with Crippen molar-refractivity contribution in [1.29, 1.82) is 0 Å². The smallest absolute Gasteiger partial charge is 0.352 e. The molecule has 7 rings (SSSR count). The zero-order chi connectivity index (χ0) is 35.9. The monoisotopic (exact) mass is 701 g/mol. The number of aromatic carboxylic acids is 3. The van der Waals surface area contributed by atoms with E-state index < -0.39 is 97.3 Å². The van der Waals surface area contributed by atoms with Gasteiger partial charge in [0.25, 0.3) is 5.56 Å². The van der Waals surface area contributed by atoms with Crippen LogP contribution in [0, 0.1) is 0 Å². The summed E-state index contributed by atoms with van der Waals surface area (Å²) in [5.74, 6) is -9.97. The van der Waals surface area contributed by atoms with Gasteiger partial charge in [0.15, 0.2) is 39.7 Å². The molecular formula is C31H19N5O13S. The number of rotatable bonds is 7. The van der Waals surface area contributed by atoms with Crippen LogP contribution in [0.25, 0.3) is 55.0 Å². The number of aromatic nitrogens is 5. The van der Waals surface area contributed by atoms with E-state index in [4.69, 9.17) is 0 Å². The van der Waals surface area contributed by atoms with E-state index in [0.717, 1.165) is 36.5 Å². The van der Waals surface area contributed by atoms with E-state index in [1.807, 2.05) is 0 Å². The van der Waals surface area contributed by atoms with Crippen LogP contribution in [0.4, 0.5) is 0 Å². The van der Waals surface area contributed by atoms with Crippen molar-refractivity contribution < 1.29 is 60.3 Å². The highest BCUT2D eigenvalue weighted by Crippen LogP contribution is 2.56. The normalized spacial score (nSPS) is 11.5. The zero-order valence-electron chi connectivity index (χ0n) is 24.5. The van der Waals surface area contributed by atoms with Crippen LogP contribution in [-0.4, -0.2) is 88.8 Å². The van der Waals surface area contributed by atoms with Gasteiger partial charge in [-0.3, -0.25) is 4.79 Å². The van der Waals surface area contributed by atoms with Crippen LogP contribution in [0.2, 0.25) is 0 Å². The van der Waals surface area contributed by atoms with Crippen molar-refractivity contribution in [3.63, 3.8) is 0 Å². The lowest BCUT2D eigenvalue weighted by Crippen LogP contribution is -2.05. The summed E-state index contributed by atoms with van der Waals surface area (Å²) in [6.07, 6.45) is 1.14. The third kappa shape index (κ3) is 4.56. The van der Waals surface area contributed by atoms with Gasteiger partial charge in [-0.1, -0.05) is 0 Å². The van der Waals surface area contributed by atoms with Gasteiger partial charge in [-0.05, 0) is 23.9 Å². The minimum absolute atomic E-state index is 0.00435. The van der Waals surface area contributed by atoms with Crippen molar-refractivity contribution in [2.75, 3.05) is 0 Å². The summed E-state index contributed by atoms with van der Waals surface area (Å²) in [4.78, 5) is 63.2. The molecule has 0 radical (unpaired) electrons. The van der Waals surface area contributed by atoms with Gasteiger partial charge in [0.2, 0.25) is 0 Å². The van der Waals surface area contributed by atoms with Crippen molar-refractivity contribution in [2.24, 2.45) is 0 Å². The third-order valence-corrected chi connectivity index (χ3v) is 8.91. The number of phenolic OH excluding ortho intramolecular Hbond substituents is 6. The lowest BCUT2D eigenvalue weighted by atomic mass is 9.90. The Hall–Kier alpha value is -7.28. The summed E-state index contributed by atoms with van der Waals surface area (Å²) in [6, 6.07) is 5.08. The van der Waals surface area contributed by atoms with E-state index in [2.05, 4.69) is 24.9 Å². The van der Waals surface area contributed by atoms with Crippen LogP contribution in [0.5, 0.6) is 34.5 Å². The number of phenols is 6. The van der Waals surface area contributed by atoms with Crippen LogP contribution in [0.1, 0.15) is 31.5 Å². The first kappa shape index (κ1) is 31.3. The molecule has 0 amide bonds. The topological polar surface area (TPSA) is 326 Å². The number of nitrogens with zero attached hydrogens (tertiary/aromatic N) is 1. The van der Waals surface area contributed by atoms with Crippen LogP contribution >= 0.6 is 11.8 Å². The molecule has 18 nitrogen and oxygen atoms in total. The van der Waals surface area contributed by atoms with Gasteiger partial charge in [0, 0.05) is 57.2 Å². The number of aromatic hydroxyl groups is 6.